The zero-order valence-electron chi connectivity index (χ0n) is 13.4. The molecule has 0 spiro atoms. The van der Waals surface area contributed by atoms with Gasteiger partial charge in [-0.2, -0.15) is 0 Å². The van der Waals surface area contributed by atoms with Crippen LogP contribution >= 0.6 is 0 Å². The number of hydrogen-bond acceptors (Lipinski definition) is 2. The number of rotatable bonds is 4. The number of likely N-dealkylation sites (tertiary alicyclic amines) is 1. The Balaban J connectivity index is 1.82. The lowest BCUT2D eigenvalue weighted by molar-refractivity contribution is -0.926. The first-order valence-electron chi connectivity index (χ1n) is 8.39. The van der Waals surface area contributed by atoms with E-state index in [1.807, 2.05) is 13.0 Å². The van der Waals surface area contributed by atoms with Crippen molar-refractivity contribution in [2.75, 3.05) is 19.7 Å². The predicted molar refractivity (Wildman–Crippen MR) is 86.4 cm³/mol. The Labute approximate surface area is 133 Å². The SMILES string of the molecule is C=C1C2CCCC1(C(=O)OCC)C[NH+](Cc1ccccc1)C2. The van der Waals surface area contributed by atoms with Crippen LogP contribution in [0.15, 0.2) is 42.5 Å². The van der Waals surface area contributed by atoms with Crippen molar-refractivity contribution >= 4 is 5.97 Å². The lowest BCUT2D eigenvalue weighted by atomic mass is 9.63. The molecule has 0 radical (unpaired) electrons. The third kappa shape index (κ3) is 2.70. The summed E-state index contributed by atoms with van der Waals surface area (Å²) in [4.78, 5) is 14.1. The molecule has 2 fully saturated rings. The molecule has 0 amide bonds. The largest absolute Gasteiger partial charge is 0.465 e. The topological polar surface area (TPSA) is 30.7 Å². The lowest BCUT2D eigenvalue weighted by Gasteiger charge is -2.47. The van der Waals surface area contributed by atoms with Gasteiger partial charge in [-0.1, -0.05) is 43.3 Å². The summed E-state index contributed by atoms with van der Waals surface area (Å²) in [7, 11) is 0. The van der Waals surface area contributed by atoms with E-state index < -0.39 is 5.41 Å². The van der Waals surface area contributed by atoms with Crippen molar-refractivity contribution in [3.05, 3.63) is 48.0 Å². The van der Waals surface area contributed by atoms with Gasteiger partial charge in [0.15, 0.2) is 0 Å². The van der Waals surface area contributed by atoms with Gasteiger partial charge < -0.3 is 9.64 Å². The molecular weight excluding hydrogens is 274 g/mol. The minimum Gasteiger partial charge on any atom is -0.465 e. The van der Waals surface area contributed by atoms with Gasteiger partial charge >= 0.3 is 5.97 Å². The van der Waals surface area contributed by atoms with Gasteiger partial charge in [-0.15, -0.1) is 0 Å². The van der Waals surface area contributed by atoms with Crippen LogP contribution in [-0.4, -0.2) is 25.7 Å². The van der Waals surface area contributed by atoms with Crippen LogP contribution < -0.4 is 4.90 Å². The molecule has 1 saturated heterocycles. The molecule has 1 aliphatic carbocycles. The minimum absolute atomic E-state index is 0.0463. The van der Waals surface area contributed by atoms with Crippen molar-refractivity contribution in [3.63, 3.8) is 0 Å². The second-order valence-electron chi connectivity index (χ2n) is 6.71. The lowest BCUT2D eigenvalue weighted by Crippen LogP contribution is -3.14. The van der Waals surface area contributed by atoms with Crippen LogP contribution in [0.1, 0.15) is 31.7 Å². The zero-order valence-corrected chi connectivity index (χ0v) is 13.4. The molecule has 3 rings (SSSR count). The fourth-order valence-corrected chi connectivity index (χ4v) is 4.24. The van der Waals surface area contributed by atoms with Crippen molar-refractivity contribution in [2.45, 2.75) is 32.7 Å². The Bertz CT molecular complexity index is 554. The van der Waals surface area contributed by atoms with E-state index in [0.717, 1.165) is 44.5 Å². The fraction of sp³-hybridized carbons (Fsp3) is 0.526. The summed E-state index contributed by atoms with van der Waals surface area (Å²) in [6.45, 7) is 9.54. The zero-order chi connectivity index (χ0) is 15.6. The highest BCUT2D eigenvalue weighted by Gasteiger charge is 2.54. The number of nitrogens with one attached hydrogen (secondary N) is 1. The average molecular weight is 300 g/mol. The van der Waals surface area contributed by atoms with E-state index in [-0.39, 0.29) is 5.97 Å². The molecule has 3 heteroatoms. The monoisotopic (exact) mass is 300 g/mol. The second-order valence-corrected chi connectivity index (χ2v) is 6.71. The summed E-state index contributed by atoms with van der Waals surface area (Å²) in [5, 5.41) is 0. The molecule has 118 valence electrons. The molecule has 3 unspecified atom stereocenters. The fourth-order valence-electron chi connectivity index (χ4n) is 4.24. The summed E-state index contributed by atoms with van der Waals surface area (Å²) in [5.41, 5.74) is 2.03. The highest BCUT2D eigenvalue weighted by atomic mass is 16.5. The number of quaternary nitrogens is 1. The summed E-state index contributed by atoms with van der Waals surface area (Å²) in [6.07, 6.45) is 3.18. The summed E-state index contributed by atoms with van der Waals surface area (Å²) in [6, 6.07) is 10.6. The maximum atomic E-state index is 12.6. The maximum absolute atomic E-state index is 12.6. The van der Waals surface area contributed by atoms with Gasteiger partial charge in [-0.3, -0.25) is 4.79 Å². The number of carbonyl (C=O) groups excluding carboxylic acids is 1. The third-order valence-electron chi connectivity index (χ3n) is 5.31. The first-order valence-corrected chi connectivity index (χ1v) is 8.39. The molecule has 3 nitrogen and oxygen atoms in total. The summed E-state index contributed by atoms with van der Waals surface area (Å²) in [5.74, 6) is 0.417. The van der Waals surface area contributed by atoms with E-state index in [4.69, 9.17) is 4.74 Å². The normalized spacial score (nSPS) is 30.9. The van der Waals surface area contributed by atoms with Crippen LogP contribution in [0.4, 0.5) is 0 Å². The summed E-state index contributed by atoms with van der Waals surface area (Å²) >= 11 is 0. The quantitative estimate of drug-likeness (QED) is 0.681. The molecule has 0 aromatic heterocycles. The number of fused-ring (bicyclic) bond motifs is 2. The molecule has 1 aromatic carbocycles. The number of esters is 1. The Hall–Kier alpha value is -1.61. The average Bonchev–Trinajstić information content (AvgIpc) is 2.50. The maximum Gasteiger partial charge on any atom is 0.322 e. The van der Waals surface area contributed by atoms with Crippen molar-refractivity contribution in [1.82, 2.24) is 0 Å². The Morgan fingerprint density at radius 1 is 1.41 bits per heavy atom. The number of hydrogen-bond donors (Lipinski definition) is 1. The van der Waals surface area contributed by atoms with Gasteiger partial charge in [0, 0.05) is 11.5 Å². The van der Waals surface area contributed by atoms with Crippen molar-refractivity contribution < 1.29 is 14.4 Å². The van der Waals surface area contributed by atoms with Crippen molar-refractivity contribution in [2.24, 2.45) is 11.3 Å². The van der Waals surface area contributed by atoms with Crippen LogP contribution in [0, 0.1) is 11.3 Å². The number of carbonyl (C=O) groups is 1. The Morgan fingerprint density at radius 2 is 2.18 bits per heavy atom. The molecule has 1 N–H and O–H groups in total. The van der Waals surface area contributed by atoms with E-state index in [0.29, 0.717) is 12.5 Å². The Morgan fingerprint density at radius 3 is 2.91 bits per heavy atom. The second kappa shape index (κ2) is 6.25. The molecule has 1 aromatic rings. The first-order chi connectivity index (χ1) is 10.7. The molecule has 1 aliphatic heterocycles. The first kappa shape index (κ1) is 15.3. The van der Waals surface area contributed by atoms with Gasteiger partial charge in [0.05, 0.1) is 19.7 Å². The van der Waals surface area contributed by atoms with Crippen LogP contribution in [0.25, 0.3) is 0 Å². The van der Waals surface area contributed by atoms with Gasteiger partial charge in [-0.25, -0.2) is 0 Å². The highest BCUT2D eigenvalue weighted by Crippen LogP contribution is 2.44. The van der Waals surface area contributed by atoms with Crippen LogP contribution in [0.5, 0.6) is 0 Å². The number of ether oxygens (including phenoxy) is 1. The molecule has 1 saturated carbocycles. The smallest absolute Gasteiger partial charge is 0.322 e. The van der Waals surface area contributed by atoms with Crippen molar-refractivity contribution in [1.29, 1.82) is 0 Å². The molecule has 2 aliphatic rings. The summed E-state index contributed by atoms with van der Waals surface area (Å²) < 4.78 is 5.41. The third-order valence-corrected chi connectivity index (χ3v) is 5.31. The van der Waals surface area contributed by atoms with Gasteiger partial charge in [-0.05, 0) is 25.3 Å². The number of piperidine rings is 1. The van der Waals surface area contributed by atoms with E-state index >= 15 is 0 Å². The van der Waals surface area contributed by atoms with Crippen LogP contribution in [-0.2, 0) is 16.1 Å². The Kier molecular flexibility index (Phi) is 4.34. The molecule has 2 bridgehead atoms. The van der Waals surface area contributed by atoms with Crippen LogP contribution in [0.2, 0.25) is 0 Å². The minimum atomic E-state index is -0.443. The molecule has 3 atom stereocenters. The van der Waals surface area contributed by atoms with E-state index in [2.05, 4.69) is 30.8 Å². The highest BCUT2D eigenvalue weighted by molar-refractivity contribution is 5.81. The predicted octanol–water partition coefficient (Wildman–Crippen LogP) is 1.99. The van der Waals surface area contributed by atoms with Gasteiger partial charge in [0.2, 0.25) is 0 Å². The van der Waals surface area contributed by atoms with Gasteiger partial charge in [0.25, 0.3) is 0 Å². The standard InChI is InChI=1S/C19H25NO2/c1-3-22-18(21)19-11-7-10-17(15(19)2)13-20(14-19)12-16-8-5-4-6-9-16/h4-6,8-9,17H,2-3,7,10-14H2,1H3/p+1. The van der Waals surface area contributed by atoms with Gasteiger partial charge in [0.1, 0.15) is 12.0 Å². The van der Waals surface area contributed by atoms with Crippen LogP contribution in [0.3, 0.4) is 0 Å². The molecule has 1 heterocycles. The van der Waals surface area contributed by atoms with E-state index in [1.165, 1.54) is 10.5 Å². The van der Waals surface area contributed by atoms with E-state index in [9.17, 15) is 4.79 Å². The number of benzene rings is 1. The van der Waals surface area contributed by atoms with Crippen molar-refractivity contribution in [3.8, 4) is 0 Å². The molecular formula is C19H26NO2+. The van der Waals surface area contributed by atoms with E-state index in [1.54, 1.807) is 0 Å². The molecule has 22 heavy (non-hydrogen) atoms.